The van der Waals surface area contributed by atoms with Crippen LogP contribution in [-0.2, 0) is 14.3 Å². The van der Waals surface area contributed by atoms with Gasteiger partial charge in [0.15, 0.2) is 5.82 Å². The molecule has 1 aliphatic carbocycles. The van der Waals surface area contributed by atoms with Crippen molar-refractivity contribution in [1.29, 1.82) is 0 Å². The molecule has 1 N–H and O–H groups in total. The summed E-state index contributed by atoms with van der Waals surface area (Å²) < 4.78 is 9.40. The Hall–Kier alpha value is -1.89. The normalized spacial score (nSPS) is 14.3. The number of carbonyl (C=O) groups is 2. The van der Waals surface area contributed by atoms with Gasteiger partial charge in [0, 0.05) is 19.2 Å². The average Bonchev–Trinajstić information content (AvgIpc) is 3.05. The predicted molar refractivity (Wildman–Crippen MR) is 61.7 cm³/mol. The van der Waals surface area contributed by atoms with Crippen molar-refractivity contribution < 1.29 is 18.8 Å². The van der Waals surface area contributed by atoms with Gasteiger partial charge in [-0.15, -0.1) is 0 Å². The van der Waals surface area contributed by atoms with Gasteiger partial charge in [0.25, 0.3) is 0 Å². The van der Waals surface area contributed by atoms with Gasteiger partial charge >= 0.3 is 0 Å². The van der Waals surface area contributed by atoms with Gasteiger partial charge in [-0.25, -0.2) is 0 Å². The number of hydrogen-bond acceptors (Lipinski definition) is 5. The van der Waals surface area contributed by atoms with Crippen LogP contribution in [0.2, 0.25) is 0 Å². The number of ether oxygens (including phenoxy) is 1. The van der Waals surface area contributed by atoms with Crippen LogP contribution in [0.15, 0.2) is 16.9 Å². The Morgan fingerprint density at radius 3 is 2.94 bits per heavy atom. The fourth-order valence-corrected chi connectivity index (χ4v) is 1.63. The van der Waals surface area contributed by atoms with Crippen molar-refractivity contribution in [1.82, 2.24) is 10.1 Å². The molecule has 0 spiro atoms. The Morgan fingerprint density at radius 1 is 1.61 bits per heavy atom. The molecular formula is C11H15N3O4. The zero-order chi connectivity index (χ0) is 13.0. The average molecular weight is 253 g/mol. The monoisotopic (exact) mass is 253 g/mol. The zero-order valence-corrected chi connectivity index (χ0v) is 10.1. The van der Waals surface area contributed by atoms with E-state index >= 15 is 0 Å². The van der Waals surface area contributed by atoms with Crippen LogP contribution in [0.25, 0.3) is 0 Å². The fraction of sp³-hybridized carbons (Fsp3) is 0.545. The number of carbonyl (C=O) groups excluding carboxylic acids is 2. The van der Waals surface area contributed by atoms with E-state index in [1.807, 2.05) is 0 Å². The van der Waals surface area contributed by atoms with Gasteiger partial charge in [0.05, 0.1) is 0 Å². The van der Waals surface area contributed by atoms with E-state index in [0.29, 0.717) is 5.82 Å². The molecule has 98 valence electrons. The topological polar surface area (TPSA) is 84.7 Å². The molecule has 0 radical (unpaired) electrons. The van der Waals surface area contributed by atoms with Crippen LogP contribution >= 0.6 is 0 Å². The maximum Gasteiger partial charge on any atom is 0.249 e. The highest BCUT2D eigenvalue weighted by molar-refractivity contribution is 5.94. The Bertz CT molecular complexity index is 414. The van der Waals surface area contributed by atoms with Crippen LogP contribution in [0.1, 0.15) is 12.8 Å². The van der Waals surface area contributed by atoms with Crippen molar-refractivity contribution in [3.8, 4) is 0 Å². The SMILES string of the molecule is COCC(=O)N(CC(=O)Nc1ccon1)C1CC1. The molecule has 1 aliphatic rings. The molecule has 1 fully saturated rings. The first-order valence-electron chi connectivity index (χ1n) is 5.69. The van der Waals surface area contributed by atoms with Crippen molar-refractivity contribution in [3.63, 3.8) is 0 Å². The molecule has 0 saturated heterocycles. The Labute approximate surface area is 104 Å². The summed E-state index contributed by atoms with van der Waals surface area (Å²) in [5.41, 5.74) is 0. The summed E-state index contributed by atoms with van der Waals surface area (Å²) in [6.45, 7) is 0.00740. The summed E-state index contributed by atoms with van der Waals surface area (Å²) in [7, 11) is 1.46. The Balaban J connectivity index is 1.88. The van der Waals surface area contributed by atoms with Crippen molar-refractivity contribution >= 4 is 17.6 Å². The maximum absolute atomic E-state index is 11.7. The maximum atomic E-state index is 11.7. The van der Waals surface area contributed by atoms with Crippen LogP contribution in [-0.4, -0.2) is 48.2 Å². The van der Waals surface area contributed by atoms with E-state index in [-0.39, 0.29) is 31.0 Å². The molecule has 7 heteroatoms. The summed E-state index contributed by atoms with van der Waals surface area (Å²) in [5, 5.41) is 6.12. The number of rotatable bonds is 6. The first kappa shape index (κ1) is 12.6. The van der Waals surface area contributed by atoms with Crippen molar-refractivity contribution in [2.24, 2.45) is 0 Å². The van der Waals surface area contributed by atoms with E-state index in [1.54, 1.807) is 4.90 Å². The van der Waals surface area contributed by atoms with Gasteiger partial charge in [-0.1, -0.05) is 5.16 Å². The van der Waals surface area contributed by atoms with E-state index in [4.69, 9.17) is 4.74 Å². The number of nitrogens with one attached hydrogen (secondary N) is 1. The van der Waals surface area contributed by atoms with Gasteiger partial charge < -0.3 is 19.5 Å². The van der Waals surface area contributed by atoms with Crippen molar-refractivity contribution in [2.45, 2.75) is 18.9 Å². The highest BCUT2D eigenvalue weighted by atomic mass is 16.5. The van der Waals surface area contributed by atoms with Gasteiger partial charge in [-0.05, 0) is 12.8 Å². The molecule has 1 heterocycles. The molecule has 0 aliphatic heterocycles. The minimum Gasteiger partial charge on any atom is -0.375 e. The number of hydrogen-bond donors (Lipinski definition) is 1. The first-order chi connectivity index (χ1) is 8.70. The van der Waals surface area contributed by atoms with E-state index in [1.165, 1.54) is 19.4 Å². The molecule has 1 aromatic heterocycles. The molecule has 0 bridgehead atoms. The third kappa shape index (κ3) is 3.30. The van der Waals surface area contributed by atoms with Crippen LogP contribution < -0.4 is 5.32 Å². The van der Waals surface area contributed by atoms with Crippen molar-refractivity contribution in [2.75, 3.05) is 25.6 Å². The number of anilines is 1. The highest BCUT2D eigenvalue weighted by Gasteiger charge is 2.33. The van der Waals surface area contributed by atoms with E-state index in [9.17, 15) is 9.59 Å². The molecule has 2 rings (SSSR count). The molecule has 0 aromatic carbocycles. The van der Waals surface area contributed by atoms with Crippen LogP contribution in [0.5, 0.6) is 0 Å². The summed E-state index contributed by atoms with van der Waals surface area (Å²) in [4.78, 5) is 25.0. The smallest absolute Gasteiger partial charge is 0.249 e. The molecule has 1 saturated carbocycles. The summed E-state index contributed by atoms with van der Waals surface area (Å²) in [6, 6.07) is 1.70. The second-order valence-electron chi connectivity index (χ2n) is 4.12. The molecule has 7 nitrogen and oxygen atoms in total. The van der Waals surface area contributed by atoms with Crippen LogP contribution in [0.3, 0.4) is 0 Å². The second kappa shape index (κ2) is 5.63. The first-order valence-corrected chi connectivity index (χ1v) is 5.69. The van der Waals surface area contributed by atoms with Crippen LogP contribution in [0, 0.1) is 0 Å². The van der Waals surface area contributed by atoms with Gasteiger partial charge in [-0.3, -0.25) is 9.59 Å². The van der Waals surface area contributed by atoms with Gasteiger partial charge in [0.2, 0.25) is 11.8 Å². The Kier molecular flexibility index (Phi) is 3.93. The standard InChI is InChI=1S/C11H15N3O4/c1-17-7-11(16)14(8-2-3-8)6-10(15)12-9-4-5-18-13-9/h4-5,8H,2-3,6-7H2,1H3,(H,12,13,15). The van der Waals surface area contributed by atoms with Crippen LogP contribution in [0.4, 0.5) is 5.82 Å². The molecule has 2 amide bonds. The third-order valence-electron chi connectivity index (χ3n) is 2.60. The summed E-state index contributed by atoms with van der Waals surface area (Å²) >= 11 is 0. The number of amides is 2. The number of nitrogens with zero attached hydrogens (tertiary/aromatic N) is 2. The molecular weight excluding hydrogens is 238 g/mol. The zero-order valence-electron chi connectivity index (χ0n) is 10.1. The number of methoxy groups -OCH3 is 1. The third-order valence-corrected chi connectivity index (χ3v) is 2.60. The number of aromatic nitrogens is 1. The fourth-order valence-electron chi connectivity index (χ4n) is 1.63. The lowest BCUT2D eigenvalue weighted by Gasteiger charge is -2.21. The molecule has 1 aromatic rings. The molecule has 0 unspecified atom stereocenters. The van der Waals surface area contributed by atoms with E-state index in [0.717, 1.165) is 12.8 Å². The lowest BCUT2D eigenvalue weighted by Crippen LogP contribution is -2.41. The summed E-state index contributed by atoms with van der Waals surface area (Å²) in [5.74, 6) is -0.120. The predicted octanol–water partition coefficient (Wildman–Crippen LogP) is 0.250. The van der Waals surface area contributed by atoms with E-state index < -0.39 is 0 Å². The largest absolute Gasteiger partial charge is 0.375 e. The minimum absolute atomic E-state index is 0.00621. The molecule has 0 atom stereocenters. The van der Waals surface area contributed by atoms with Crippen molar-refractivity contribution in [3.05, 3.63) is 12.3 Å². The highest BCUT2D eigenvalue weighted by Crippen LogP contribution is 2.26. The lowest BCUT2D eigenvalue weighted by atomic mass is 10.4. The van der Waals surface area contributed by atoms with Gasteiger partial charge in [0.1, 0.15) is 19.4 Å². The second-order valence-corrected chi connectivity index (χ2v) is 4.12. The molecule has 18 heavy (non-hydrogen) atoms. The lowest BCUT2D eigenvalue weighted by molar-refractivity contribution is -0.138. The summed E-state index contributed by atoms with van der Waals surface area (Å²) in [6.07, 6.45) is 3.24. The van der Waals surface area contributed by atoms with Gasteiger partial charge in [-0.2, -0.15) is 0 Å². The Morgan fingerprint density at radius 2 is 2.39 bits per heavy atom. The quantitative estimate of drug-likeness (QED) is 0.785. The van der Waals surface area contributed by atoms with E-state index in [2.05, 4.69) is 15.0 Å². The minimum atomic E-state index is -0.291.